The Morgan fingerprint density at radius 3 is 3.00 bits per heavy atom. The second-order valence-corrected chi connectivity index (χ2v) is 3.15. The van der Waals surface area contributed by atoms with Crippen LogP contribution in [0.1, 0.15) is 5.56 Å². The van der Waals surface area contributed by atoms with Crippen LogP contribution in [0.5, 0.6) is 5.75 Å². The summed E-state index contributed by atoms with van der Waals surface area (Å²) in [6, 6.07) is 5.34. The average molecular weight is 205 g/mol. The van der Waals surface area contributed by atoms with Gasteiger partial charge in [0.1, 0.15) is 0 Å². The molecule has 0 radical (unpaired) electrons. The summed E-state index contributed by atoms with van der Waals surface area (Å²) < 4.78 is 10.3. The molecule has 0 saturated carbocycles. The van der Waals surface area contributed by atoms with E-state index in [0.29, 0.717) is 16.9 Å². The summed E-state index contributed by atoms with van der Waals surface area (Å²) in [4.78, 5) is 10.5. The van der Waals surface area contributed by atoms with E-state index in [-0.39, 0.29) is 6.42 Å². The van der Waals surface area contributed by atoms with Gasteiger partial charge in [0, 0.05) is 23.3 Å². The van der Waals surface area contributed by atoms with E-state index in [4.69, 9.17) is 9.15 Å². The highest BCUT2D eigenvalue weighted by molar-refractivity contribution is 5.88. The summed E-state index contributed by atoms with van der Waals surface area (Å²) in [6.45, 7) is 0. The Kier molecular flexibility index (Phi) is 2.33. The third-order valence-electron chi connectivity index (χ3n) is 2.20. The standard InChI is InChI=1S/C11H10O4/c1-14-9-4-2-3-8-7(5-10(12)13)6-15-11(8)9/h2-4,6H,5H2,1H3,(H,12,13)/p-1. The van der Waals surface area contributed by atoms with E-state index in [2.05, 4.69) is 0 Å². The molecule has 4 heteroatoms. The van der Waals surface area contributed by atoms with E-state index >= 15 is 0 Å². The van der Waals surface area contributed by atoms with Crippen LogP contribution in [0.25, 0.3) is 11.0 Å². The Hall–Kier alpha value is -1.97. The van der Waals surface area contributed by atoms with Crippen molar-refractivity contribution in [2.45, 2.75) is 6.42 Å². The van der Waals surface area contributed by atoms with Crippen LogP contribution in [0.3, 0.4) is 0 Å². The van der Waals surface area contributed by atoms with Gasteiger partial charge in [-0.15, -0.1) is 0 Å². The first-order valence-corrected chi connectivity index (χ1v) is 4.45. The first kappa shape index (κ1) is 9.58. The number of furan rings is 1. The Bertz CT molecular complexity index is 498. The molecule has 1 aromatic heterocycles. The zero-order valence-corrected chi connectivity index (χ0v) is 8.15. The molecule has 2 rings (SSSR count). The van der Waals surface area contributed by atoms with Crippen LogP contribution >= 0.6 is 0 Å². The summed E-state index contributed by atoms with van der Waals surface area (Å²) >= 11 is 0. The maximum Gasteiger partial charge on any atom is 0.175 e. The quantitative estimate of drug-likeness (QED) is 0.741. The highest BCUT2D eigenvalue weighted by Crippen LogP contribution is 2.29. The fraction of sp³-hybridized carbons (Fsp3) is 0.182. The number of hydrogen-bond acceptors (Lipinski definition) is 4. The van der Waals surface area contributed by atoms with E-state index in [1.807, 2.05) is 0 Å². The lowest BCUT2D eigenvalue weighted by Crippen LogP contribution is -2.24. The molecule has 4 nitrogen and oxygen atoms in total. The molecule has 0 saturated heterocycles. The van der Waals surface area contributed by atoms with Gasteiger partial charge in [-0.3, -0.25) is 0 Å². The predicted octanol–water partition coefficient (Wildman–Crippen LogP) is 0.734. The first-order valence-electron chi connectivity index (χ1n) is 4.45. The fourth-order valence-electron chi connectivity index (χ4n) is 1.54. The van der Waals surface area contributed by atoms with Gasteiger partial charge in [0.05, 0.1) is 13.4 Å². The molecule has 0 unspecified atom stereocenters. The number of hydrogen-bond donors (Lipinski definition) is 0. The van der Waals surface area contributed by atoms with Gasteiger partial charge in [-0.1, -0.05) is 12.1 Å². The maximum absolute atomic E-state index is 10.5. The third-order valence-corrected chi connectivity index (χ3v) is 2.20. The predicted molar refractivity (Wildman–Crippen MR) is 51.5 cm³/mol. The zero-order valence-electron chi connectivity index (χ0n) is 8.15. The normalized spacial score (nSPS) is 10.5. The highest BCUT2D eigenvalue weighted by atomic mass is 16.5. The molecule has 0 N–H and O–H groups in total. The lowest BCUT2D eigenvalue weighted by Gasteiger charge is -2.01. The van der Waals surface area contributed by atoms with Crippen molar-refractivity contribution in [2.75, 3.05) is 7.11 Å². The number of para-hydroxylation sites is 1. The summed E-state index contributed by atoms with van der Waals surface area (Å²) in [5, 5.41) is 11.2. The number of aliphatic carboxylic acids is 1. The monoisotopic (exact) mass is 205 g/mol. The lowest BCUT2D eigenvalue weighted by molar-refractivity contribution is -0.304. The van der Waals surface area contributed by atoms with E-state index in [1.54, 1.807) is 18.2 Å². The number of rotatable bonds is 3. The average Bonchev–Trinajstić information content (AvgIpc) is 2.61. The number of fused-ring (bicyclic) bond motifs is 1. The maximum atomic E-state index is 10.5. The van der Waals surface area contributed by atoms with Gasteiger partial charge in [0.2, 0.25) is 0 Å². The summed E-state index contributed by atoms with van der Waals surface area (Å²) in [6.07, 6.45) is 1.27. The largest absolute Gasteiger partial charge is 0.550 e. The summed E-state index contributed by atoms with van der Waals surface area (Å²) in [5.41, 5.74) is 1.17. The van der Waals surface area contributed by atoms with Gasteiger partial charge < -0.3 is 19.1 Å². The Labute approximate surface area is 86.1 Å². The second kappa shape index (κ2) is 3.65. The van der Waals surface area contributed by atoms with Gasteiger partial charge in [0.15, 0.2) is 11.3 Å². The van der Waals surface area contributed by atoms with E-state index in [1.165, 1.54) is 13.4 Å². The molecule has 0 bridgehead atoms. The van der Waals surface area contributed by atoms with Crippen molar-refractivity contribution in [3.63, 3.8) is 0 Å². The zero-order chi connectivity index (χ0) is 10.8. The molecule has 0 fully saturated rings. The number of carboxylic acids is 1. The van der Waals surface area contributed by atoms with Gasteiger partial charge in [-0.25, -0.2) is 0 Å². The molecule has 15 heavy (non-hydrogen) atoms. The molecule has 0 atom stereocenters. The van der Waals surface area contributed by atoms with Crippen LogP contribution in [0.2, 0.25) is 0 Å². The van der Waals surface area contributed by atoms with E-state index in [9.17, 15) is 9.90 Å². The molecule has 0 amide bonds. The molecule has 0 aliphatic rings. The molecule has 0 aliphatic carbocycles. The van der Waals surface area contributed by atoms with Crippen LogP contribution in [-0.2, 0) is 11.2 Å². The van der Waals surface area contributed by atoms with Crippen molar-refractivity contribution < 1.29 is 19.1 Å². The molecular weight excluding hydrogens is 196 g/mol. The third kappa shape index (κ3) is 1.66. The number of carbonyl (C=O) groups is 1. The Balaban J connectivity index is 2.55. The summed E-state index contributed by atoms with van der Waals surface area (Å²) in [5.74, 6) is -0.530. The number of methoxy groups -OCH3 is 1. The number of ether oxygens (including phenoxy) is 1. The minimum Gasteiger partial charge on any atom is -0.550 e. The van der Waals surface area contributed by atoms with Crippen LogP contribution in [0.15, 0.2) is 28.9 Å². The van der Waals surface area contributed by atoms with Crippen LogP contribution in [-0.4, -0.2) is 13.1 Å². The van der Waals surface area contributed by atoms with Crippen molar-refractivity contribution in [3.05, 3.63) is 30.0 Å². The number of benzene rings is 1. The molecule has 78 valence electrons. The van der Waals surface area contributed by atoms with Crippen molar-refractivity contribution in [2.24, 2.45) is 0 Å². The SMILES string of the molecule is COc1cccc2c(CC(=O)[O-])coc12. The van der Waals surface area contributed by atoms with Gasteiger partial charge in [0.25, 0.3) is 0 Å². The van der Waals surface area contributed by atoms with Crippen LogP contribution in [0, 0.1) is 0 Å². The first-order chi connectivity index (χ1) is 7.22. The van der Waals surface area contributed by atoms with Gasteiger partial charge >= 0.3 is 0 Å². The van der Waals surface area contributed by atoms with Gasteiger partial charge in [-0.05, 0) is 6.07 Å². The van der Waals surface area contributed by atoms with E-state index < -0.39 is 5.97 Å². The van der Waals surface area contributed by atoms with Crippen molar-refractivity contribution in [1.29, 1.82) is 0 Å². The van der Waals surface area contributed by atoms with Crippen LogP contribution < -0.4 is 9.84 Å². The molecular formula is C11H9O4-. The highest BCUT2D eigenvalue weighted by Gasteiger charge is 2.09. The Morgan fingerprint density at radius 1 is 1.53 bits per heavy atom. The van der Waals surface area contributed by atoms with Crippen molar-refractivity contribution in [1.82, 2.24) is 0 Å². The van der Waals surface area contributed by atoms with Gasteiger partial charge in [-0.2, -0.15) is 0 Å². The lowest BCUT2D eigenvalue weighted by atomic mass is 10.1. The topological polar surface area (TPSA) is 62.5 Å². The molecule has 2 aromatic rings. The number of carbonyl (C=O) groups excluding carboxylic acids is 1. The molecule has 0 aliphatic heterocycles. The molecule has 1 heterocycles. The van der Waals surface area contributed by atoms with E-state index in [0.717, 1.165) is 5.39 Å². The van der Waals surface area contributed by atoms with Crippen molar-refractivity contribution in [3.8, 4) is 5.75 Å². The van der Waals surface area contributed by atoms with Crippen LogP contribution in [0.4, 0.5) is 0 Å². The molecule has 1 aromatic carbocycles. The minimum atomic E-state index is -1.12. The fourth-order valence-corrected chi connectivity index (χ4v) is 1.54. The number of carboxylic acid groups (broad SMARTS) is 1. The minimum absolute atomic E-state index is 0.153. The van der Waals surface area contributed by atoms with Crippen molar-refractivity contribution >= 4 is 16.9 Å². The second-order valence-electron chi connectivity index (χ2n) is 3.15. The summed E-state index contributed by atoms with van der Waals surface area (Å²) in [7, 11) is 1.54. The smallest absolute Gasteiger partial charge is 0.175 e. The Morgan fingerprint density at radius 2 is 2.33 bits per heavy atom. The molecule has 0 spiro atoms.